The van der Waals surface area contributed by atoms with Crippen LogP contribution < -0.4 is 0 Å². The Hall–Kier alpha value is -1.40. The van der Waals surface area contributed by atoms with Crippen molar-refractivity contribution in [1.29, 1.82) is 0 Å². The van der Waals surface area contributed by atoms with Gasteiger partial charge >= 0.3 is 5.97 Å². The molecule has 0 bridgehead atoms. The molecule has 3 rings (SSSR count). The lowest BCUT2D eigenvalue weighted by Crippen LogP contribution is -2.36. The first-order valence-corrected chi connectivity index (χ1v) is 8.25. The number of carbonyl (C=O) groups excluding carboxylic acids is 1. The van der Waals surface area contributed by atoms with Crippen LogP contribution in [0.25, 0.3) is 9.40 Å². The summed E-state index contributed by atoms with van der Waals surface area (Å²) < 4.78 is 2.25. The third-order valence-electron chi connectivity index (χ3n) is 4.12. The van der Waals surface area contributed by atoms with Crippen LogP contribution in [0.2, 0.25) is 0 Å². The second kappa shape index (κ2) is 4.86. The Balaban J connectivity index is 1.82. The third-order valence-corrected chi connectivity index (χ3v) is 6.20. The second-order valence-corrected chi connectivity index (χ2v) is 7.21. The van der Waals surface area contributed by atoms with Crippen LogP contribution in [0.5, 0.6) is 0 Å². The lowest BCUT2D eigenvalue weighted by Gasteiger charge is -2.22. The number of carbonyl (C=O) groups is 2. The molecule has 3 heterocycles. The summed E-state index contributed by atoms with van der Waals surface area (Å²) >= 11 is 3.11. The van der Waals surface area contributed by atoms with Crippen LogP contribution in [0.15, 0.2) is 17.5 Å². The lowest BCUT2D eigenvalue weighted by atomic mass is 9.84. The number of aliphatic carboxylic acids is 1. The molecule has 106 valence electrons. The maximum Gasteiger partial charge on any atom is 0.311 e. The molecule has 2 aromatic rings. The Morgan fingerprint density at radius 1 is 1.45 bits per heavy atom. The van der Waals surface area contributed by atoms with Crippen molar-refractivity contribution in [2.45, 2.75) is 19.8 Å². The summed E-state index contributed by atoms with van der Waals surface area (Å²) in [6, 6.07) is 3.93. The minimum Gasteiger partial charge on any atom is -0.481 e. The van der Waals surface area contributed by atoms with E-state index in [-0.39, 0.29) is 5.91 Å². The normalized spacial score (nSPS) is 22.6. The molecule has 1 unspecified atom stereocenters. The molecule has 1 saturated heterocycles. The van der Waals surface area contributed by atoms with Gasteiger partial charge in [0.05, 0.1) is 10.3 Å². The van der Waals surface area contributed by atoms with Crippen molar-refractivity contribution in [3.63, 3.8) is 0 Å². The number of likely N-dealkylation sites (tertiary alicyclic amines) is 1. The van der Waals surface area contributed by atoms with Gasteiger partial charge < -0.3 is 10.0 Å². The molecule has 6 heteroatoms. The van der Waals surface area contributed by atoms with Gasteiger partial charge in [-0.15, -0.1) is 22.7 Å². The number of hydrogen-bond acceptors (Lipinski definition) is 4. The fourth-order valence-corrected chi connectivity index (χ4v) is 4.76. The van der Waals surface area contributed by atoms with Gasteiger partial charge in [0.2, 0.25) is 0 Å². The van der Waals surface area contributed by atoms with Crippen LogP contribution in [0.4, 0.5) is 0 Å². The zero-order valence-electron chi connectivity index (χ0n) is 11.1. The molecule has 1 atom stereocenters. The third kappa shape index (κ3) is 2.03. The van der Waals surface area contributed by atoms with Gasteiger partial charge in [0, 0.05) is 22.5 Å². The Labute approximate surface area is 124 Å². The van der Waals surface area contributed by atoms with Gasteiger partial charge in [0.1, 0.15) is 0 Å². The molecule has 1 aliphatic heterocycles. The highest BCUT2D eigenvalue weighted by Crippen LogP contribution is 2.36. The van der Waals surface area contributed by atoms with Gasteiger partial charge in [0.25, 0.3) is 5.91 Å². The van der Waals surface area contributed by atoms with Crippen LogP contribution >= 0.6 is 22.7 Å². The number of hydrogen-bond donors (Lipinski definition) is 1. The van der Waals surface area contributed by atoms with E-state index in [4.69, 9.17) is 0 Å². The summed E-state index contributed by atoms with van der Waals surface area (Å²) in [5.74, 6) is -0.822. The summed E-state index contributed by atoms with van der Waals surface area (Å²) in [7, 11) is 0. The maximum atomic E-state index is 12.5. The van der Waals surface area contributed by atoms with Crippen molar-refractivity contribution in [2.24, 2.45) is 5.41 Å². The quantitative estimate of drug-likeness (QED) is 0.946. The molecule has 20 heavy (non-hydrogen) atoms. The Kier molecular flexibility index (Phi) is 3.30. The van der Waals surface area contributed by atoms with Crippen LogP contribution in [-0.4, -0.2) is 35.0 Å². The first-order chi connectivity index (χ1) is 9.55. The van der Waals surface area contributed by atoms with E-state index in [1.807, 2.05) is 24.4 Å². The Morgan fingerprint density at radius 3 is 2.85 bits per heavy atom. The highest BCUT2D eigenvalue weighted by Gasteiger charge is 2.45. The van der Waals surface area contributed by atoms with E-state index in [9.17, 15) is 14.7 Å². The second-order valence-electron chi connectivity index (χ2n) is 5.18. The summed E-state index contributed by atoms with van der Waals surface area (Å²) in [5, 5.41) is 11.4. The van der Waals surface area contributed by atoms with E-state index in [1.165, 1.54) is 11.3 Å². The van der Waals surface area contributed by atoms with Crippen molar-refractivity contribution >= 4 is 43.9 Å². The van der Waals surface area contributed by atoms with Crippen molar-refractivity contribution < 1.29 is 14.7 Å². The van der Waals surface area contributed by atoms with E-state index in [2.05, 4.69) is 0 Å². The molecule has 2 aromatic heterocycles. The number of nitrogens with zero attached hydrogens (tertiary/aromatic N) is 1. The van der Waals surface area contributed by atoms with Gasteiger partial charge in [-0.2, -0.15) is 0 Å². The molecule has 0 radical (unpaired) electrons. The molecular weight excluding hydrogens is 294 g/mol. The average Bonchev–Trinajstić information content (AvgIpc) is 3.11. The molecule has 4 nitrogen and oxygen atoms in total. The van der Waals surface area contributed by atoms with Gasteiger partial charge in [-0.05, 0) is 30.4 Å². The van der Waals surface area contributed by atoms with Gasteiger partial charge in [-0.3, -0.25) is 9.59 Å². The molecule has 0 aliphatic carbocycles. The predicted octanol–water partition coefficient (Wildman–Crippen LogP) is 3.29. The standard InChI is InChI=1S/C14H15NO3S2/c1-2-14(13(17)18)4-5-15(8-14)12(16)11-7-10-9(20-11)3-6-19-10/h3,6-7H,2,4-5,8H2,1H3,(H,17,18). The molecule has 0 aromatic carbocycles. The first-order valence-electron chi connectivity index (χ1n) is 6.55. The highest BCUT2D eigenvalue weighted by molar-refractivity contribution is 7.27. The van der Waals surface area contributed by atoms with E-state index in [1.54, 1.807) is 16.2 Å². The van der Waals surface area contributed by atoms with Crippen LogP contribution in [0, 0.1) is 5.41 Å². The molecular formula is C14H15NO3S2. The van der Waals surface area contributed by atoms with Crippen LogP contribution in [-0.2, 0) is 4.79 Å². The molecule has 1 fully saturated rings. The number of fused-ring (bicyclic) bond motifs is 1. The number of carboxylic acid groups (broad SMARTS) is 1. The fourth-order valence-electron chi connectivity index (χ4n) is 2.69. The van der Waals surface area contributed by atoms with E-state index in [0.29, 0.717) is 30.8 Å². The molecule has 1 amide bonds. The highest BCUT2D eigenvalue weighted by atomic mass is 32.1. The van der Waals surface area contributed by atoms with Gasteiger partial charge in [-0.1, -0.05) is 6.92 Å². The monoisotopic (exact) mass is 309 g/mol. The fraction of sp³-hybridized carbons (Fsp3) is 0.429. The molecule has 0 spiro atoms. The SMILES string of the molecule is CCC1(C(=O)O)CCN(C(=O)c2cc3sccc3s2)C1. The average molecular weight is 309 g/mol. The van der Waals surface area contributed by atoms with Crippen molar-refractivity contribution in [3.8, 4) is 0 Å². The van der Waals surface area contributed by atoms with E-state index in [0.717, 1.165) is 9.40 Å². The molecule has 1 N–H and O–H groups in total. The number of thiophene rings is 2. The number of carboxylic acids is 1. The van der Waals surface area contributed by atoms with Gasteiger partial charge in [0.15, 0.2) is 0 Å². The van der Waals surface area contributed by atoms with E-state index >= 15 is 0 Å². The van der Waals surface area contributed by atoms with Crippen molar-refractivity contribution in [3.05, 3.63) is 22.4 Å². The summed E-state index contributed by atoms with van der Waals surface area (Å²) in [5.41, 5.74) is -0.760. The van der Waals surface area contributed by atoms with Crippen LogP contribution in [0.1, 0.15) is 29.4 Å². The topological polar surface area (TPSA) is 57.6 Å². The molecule has 0 saturated carbocycles. The zero-order chi connectivity index (χ0) is 14.3. The van der Waals surface area contributed by atoms with E-state index < -0.39 is 11.4 Å². The molecule has 1 aliphatic rings. The predicted molar refractivity (Wildman–Crippen MR) is 80.6 cm³/mol. The van der Waals surface area contributed by atoms with Crippen molar-refractivity contribution in [1.82, 2.24) is 4.90 Å². The summed E-state index contributed by atoms with van der Waals surface area (Å²) in [4.78, 5) is 26.3. The minimum absolute atomic E-state index is 0.0324. The summed E-state index contributed by atoms with van der Waals surface area (Å²) in [6.45, 7) is 2.73. The van der Waals surface area contributed by atoms with Crippen molar-refractivity contribution in [2.75, 3.05) is 13.1 Å². The summed E-state index contributed by atoms with van der Waals surface area (Å²) in [6.07, 6.45) is 1.11. The number of rotatable bonds is 3. The zero-order valence-corrected chi connectivity index (χ0v) is 12.7. The smallest absolute Gasteiger partial charge is 0.311 e. The lowest BCUT2D eigenvalue weighted by molar-refractivity contribution is -0.148. The Bertz CT molecular complexity index is 646. The number of amides is 1. The minimum atomic E-state index is -0.789. The maximum absolute atomic E-state index is 12.5. The largest absolute Gasteiger partial charge is 0.481 e. The van der Waals surface area contributed by atoms with Crippen LogP contribution in [0.3, 0.4) is 0 Å². The first kappa shape index (κ1) is 13.6. The van der Waals surface area contributed by atoms with Gasteiger partial charge in [-0.25, -0.2) is 0 Å². The Morgan fingerprint density at radius 2 is 2.25 bits per heavy atom.